The average Bonchev–Trinajstić information content (AvgIpc) is 2.97. The maximum absolute atomic E-state index is 12.2. The number of hydrogen-bond acceptors (Lipinski definition) is 6. The van der Waals surface area contributed by atoms with Gasteiger partial charge in [0.1, 0.15) is 6.54 Å². The largest absolute Gasteiger partial charge is 0.469 e. The van der Waals surface area contributed by atoms with Crippen LogP contribution in [0.3, 0.4) is 0 Å². The Hall–Kier alpha value is -3.16. The molecule has 0 spiro atoms. The molecule has 0 radical (unpaired) electrons. The van der Waals surface area contributed by atoms with E-state index in [0.29, 0.717) is 18.4 Å². The second-order valence-corrected chi connectivity index (χ2v) is 6.91. The van der Waals surface area contributed by atoms with Gasteiger partial charge in [0.2, 0.25) is 0 Å². The fourth-order valence-corrected chi connectivity index (χ4v) is 2.93. The molecule has 29 heavy (non-hydrogen) atoms. The maximum Gasteiger partial charge on any atom is 0.325 e. The number of methoxy groups -OCH3 is 1. The number of nitrogens with one attached hydrogen (secondary N) is 1. The Labute approximate surface area is 170 Å². The normalized spacial score (nSPS) is 10.7. The molecule has 0 aliphatic carbocycles. The zero-order valence-electron chi connectivity index (χ0n) is 17.4. The summed E-state index contributed by atoms with van der Waals surface area (Å²) < 4.78 is 11.5. The number of esters is 2. The van der Waals surface area contributed by atoms with Gasteiger partial charge in [-0.3, -0.25) is 14.4 Å². The fourth-order valence-electron chi connectivity index (χ4n) is 2.93. The van der Waals surface area contributed by atoms with Crippen LogP contribution in [0, 0.1) is 13.8 Å². The number of ether oxygens (including phenoxy) is 2. The second kappa shape index (κ2) is 9.86. The van der Waals surface area contributed by atoms with Crippen LogP contribution in [-0.4, -0.2) is 47.4 Å². The van der Waals surface area contributed by atoms with E-state index in [9.17, 15) is 14.4 Å². The Morgan fingerprint density at radius 3 is 2.34 bits per heavy atom. The van der Waals surface area contributed by atoms with Crippen molar-refractivity contribution in [3.8, 4) is 5.69 Å². The lowest BCUT2D eigenvalue weighted by atomic mass is 10.1. The Bertz CT molecular complexity index is 884. The molecule has 0 saturated carbocycles. The number of carbonyl (C=O) groups is 3. The van der Waals surface area contributed by atoms with Crippen molar-refractivity contribution in [1.29, 1.82) is 0 Å². The highest BCUT2D eigenvalue weighted by molar-refractivity contribution is 5.96. The third-order valence-corrected chi connectivity index (χ3v) is 4.38. The van der Waals surface area contributed by atoms with Gasteiger partial charge in [-0.2, -0.15) is 5.10 Å². The molecule has 1 N–H and O–H groups in total. The highest BCUT2D eigenvalue weighted by atomic mass is 16.5. The van der Waals surface area contributed by atoms with Crippen molar-refractivity contribution in [3.63, 3.8) is 0 Å². The third-order valence-electron chi connectivity index (χ3n) is 4.38. The molecule has 2 rings (SSSR count). The van der Waals surface area contributed by atoms with Gasteiger partial charge in [-0.15, -0.1) is 0 Å². The average molecular weight is 401 g/mol. The molecule has 156 valence electrons. The Balaban J connectivity index is 2.07. The summed E-state index contributed by atoms with van der Waals surface area (Å²) in [7, 11) is 1.37. The van der Waals surface area contributed by atoms with Gasteiger partial charge in [0.05, 0.1) is 24.6 Å². The molecule has 8 nitrogen and oxygen atoms in total. The molecule has 0 fully saturated rings. The molecule has 0 aliphatic heterocycles. The molecule has 8 heteroatoms. The molecule has 0 bridgehead atoms. The van der Waals surface area contributed by atoms with Crippen molar-refractivity contribution < 1.29 is 23.9 Å². The first-order valence-corrected chi connectivity index (χ1v) is 9.43. The van der Waals surface area contributed by atoms with Gasteiger partial charge < -0.3 is 14.8 Å². The Morgan fingerprint density at radius 1 is 1.10 bits per heavy atom. The van der Waals surface area contributed by atoms with Crippen LogP contribution in [0.2, 0.25) is 0 Å². The number of aryl methyl sites for hydroxylation is 1. The van der Waals surface area contributed by atoms with E-state index < -0.39 is 5.97 Å². The van der Waals surface area contributed by atoms with Gasteiger partial charge >= 0.3 is 11.9 Å². The van der Waals surface area contributed by atoms with E-state index in [1.807, 2.05) is 13.8 Å². The fraction of sp³-hybridized carbons (Fsp3) is 0.429. The number of aromatic nitrogens is 2. The summed E-state index contributed by atoms with van der Waals surface area (Å²) in [4.78, 5) is 35.2. The van der Waals surface area contributed by atoms with E-state index >= 15 is 0 Å². The number of carbonyl (C=O) groups excluding carboxylic acids is 3. The van der Waals surface area contributed by atoms with E-state index in [1.54, 1.807) is 42.8 Å². The van der Waals surface area contributed by atoms with E-state index in [4.69, 9.17) is 9.47 Å². The molecule has 1 heterocycles. The van der Waals surface area contributed by atoms with Crippen LogP contribution >= 0.6 is 0 Å². The predicted molar refractivity (Wildman–Crippen MR) is 107 cm³/mol. The molecule has 1 amide bonds. The zero-order chi connectivity index (χ0) is 21.6. The predicted octanol–water partition coefficient (Wildman–Crippen LogP) is 2.28. The molecule has 0 saturated heterocycles. The standard InChI is InChI=1S/C21H27N3O5/c1-13(2)29-20(26)12-22-21(27)16-6-8-17(9-7-16)24-15(4)18(14(3)23-24)10-11-19(25)28-5/h6-9,13H,10-12H2,1-5H3,(H,22,27). The van der Waals surface area contributed by atoms with Gasteiger partial charge in [-0.25, -0.2) is 4.68 Å². The minimum Gasteiger partial charge on any atom is -0.469 e. The van der Waals surface area contributed by atoms with Crippen LogP contribution in [0.4, 0.5) is 0 Å². The van der Waals surface area contributed by atoms with Crippen molar-refractivity contribution in [2.24, 2.45) is 0 Å². The van der Waals surface area contributed by atoms with Crippen LogP contribution in [0.25, 0.3) is 5.69 Å². The lowest BCUT2D eigenvalue weighted by Gasteiger charge is -2.09. The zero-order valence-corrected chi connectivity index (χ0v) is 17.4. The summed E-state index contributed by atoms with van der Waals surface area (Å²) in [5, 5.41) is 7.09. The van der Waals surface area contributed by atoms with E-state index in [2.05, 4.69) is 10.4 Å². The van der Waals surface area contributed by atoms with Crippen molar-refractivity contribution in [1.82, 2.24) is 15.1 Å². The Morgan fingerprint density at radius 2 is 1.76 bits per heavy atom. The molecule has 1 aromatic carbocycles. The maximum atomic E-state index is 12.2. The van der Waals surface area contributed by atoms with Crippen molar-refractivity contribution >= 4 is 17.8 Å². The number of hydrogen-bond donors (Lipinski definition) is 1. The molecule has 0 unspecified atom stereocenters. The summed E-state index contributed by atoms with van der Waals surface area (Å²) >= 11 is 0. The summed E-state index contributed by atoms with van der Waals surface area (Å²) in [6, 6.07) is 6.90. The summed E-state index contributed by atoms with van der Waals surface area (Å²) in [5.74, 6) is -1.10. The minimum atomic E-state index is -0.480. The first kappa shape index (κ1) is 22.1. The van der Waals surface area contributed by atoms with Crippen LogP contribution in [0.15, 0.2) is 24.3 Å². The van der Waals surface area contributed by atoms with Gasteiger partial charge in [-0.1, -0.05) is 0 Å². The second-order valence-electron chi connectivity index (χ2n) is 6.91. The van der Waals surface area contributed by atoms with Gasteiger partial charge in [0.25, 0.3) is 5.91 Å². The van der Waals surface area contributed by atoms with Crippen molar-refractivity contribution in [2.45, 2.75) is 46.6 Å². The van der Waals surface area contributed by atoms with Crippen molar-refractivity contribution in [3.05, 3.63) is 46.8 Å². The van der Waals surface area contributed by atoms with E-state index in [1.165, 1.54) is 7.11 Å². The van der Waals surface area contributed by atoms with E-state index in [-0.39, 0.29) is 24.5 Å². The SMILES string of the molecule is COC(=O)CCc1c(C)nn(-c2ccc(C(=O)NCC(=O)OC(C)C)cc2)c1C. The number of rotatable bonds is 8. The number of nitrogens with zero attached hydrogens (tertiary/aromatic N) is 2. The lowest BCUT2D eigenvalue weighted by Crippen LogP contribution is -2.31. The third kappa shape index (κ3) is 5.91. The van der Waals surface area contributed by atoms with Crippen LogP contribution in [-0.2, 0) is 25.5 Å². The summed E-state index contributed by atoms with van der Waals surface area (Å²) in [6.07, 6.45) is 0.622. The number of amides is 1. The molecule has 0 atom stereocenters. The molecule has 2 aromatic rings. The molecular weight excluding hydrogens is 374 g/mol. The lowest BCUT2D eigenvalue weighted by molar-refractivity contribution is -0.146. The monoisotopic (exact) mass is 401 g/mol. The molecule has 0 aliphatic rings. The summed E-state index contributed by atoms with van der Waals surface area (Å²) in [6.45, 7) is 7.15. The highest BCUT2D eigenvalue weighted by Crippen LogP contribution is 2.20. The van der Waals surface area contributed by atoms with Gasteiger partial charge in [0, 0.05) is 17.7 Å². The Kier molecular flexibility index (Phi) is 7.52. The summed E-state index contributed by atoms with van der Waals surface area (Å²) in [5.41, 5.74) is 4.00. The minimum absolute atomic E-state index is 0.181. The van der Waals surface area contributed by atoms with Gasteiger partial charge in [-0.05, 0) is 63.9 Å². The first-order valence-electron chi connectivity index (χ1n) is 9.43. The van der Waals surface area contributed by atoms with E-state index in [0.717, 1.165) is 22.6 Å². The van der Waals surface area contributed by atoms with Crippen LogP contribution in [0.5, 0.6) is 0 Å². The first-order chi connectivity index (χ1) is 13.7. The topological polar surface area (TPSA) is 99.5 Å². The number of benzene rings is 1. The molecule has 1 aromatic heterocycles. The van der Waals surface area contributed by atoms with Gasteiger partial charge in [0.15, 0.2) is 0 Å². The van der Waals surface area contributed by atoms with Crippen molar-refractivity contribution in [2.75, 3.05) is 13.7 Å². The quantitative estimate of drug-likeness (QED) is 0.681. The van der Waals surface area contributed by atoms with Crippen LogP contribution < -0.4 is 5.32 Å². The molecular formula is C21H27N3O5. The van der Waals surface area contributed by atoms with Crippen LogP contribution in [0.1, 0.15) is 47.6 Å². The highest BCUT2D eigenvalue weighted by Gasteiger charge is 2.15. The smallest absolute Gasteiger partial charge is 0.325 e.